The lowest BCUT2D eigenvalue weighted by Crippen LogP contribution is -2.03. The van der Waals surface area contributed by atoms with E-state index in [-0.39, 0.29) is 0 Å². The number of rotatable bonds is 6. The van der Waals surface area contributed by atoms with Crippen molar-refractivity contribution in [1.82, 2.24) is 14.5 Å². The van der Waals surface area contributed by atoms with Crippen LogP contribution < -0.4 is 0 Å². The van der Waals surface area contributed by atoms with E-state index in [2.05, 4.69) is 131 Å². The molecule has 43 heavy (non-hydrogen) atoms. The molecule has 0 N–H and O–H groups in total. The zero-order chi connectivity index (χ0) is 28.6. The van der Waals surface area contributed by atoms with Gasteiger partial charge >= 0.3 is 0 Å². The lowest BCUT2D eigenvalue weighted by molar-refractivity contribution is 0.616. The summed E-state index contributed by atoms with van der Waals surface area (Å²) in [5, 5.41) is 1.03. The maximum absolute atomic E-state index is 6.16. The highest BCUT2D eigenvalue weighted by Crippen LogP contribution is 2.41. The van der Waals surface area contributed by atoms with Crippen molar-refractivity contribution >= 4 is 22.0 Å². The topological polar surface area (TPSA) is 43.9 Å². The van der Waals surface area contributed by atoms with Crippen LogP contribution in [0.1, 0.15) is 11.3 Å². The van der Waals surface area contributed by atoms with Gasteiger partial charge in [-0.05, 0) is 53.1 Å². The number of fused-ring (bicyclic) bond motifs is 2. The van der Waals surface area contributed by atoms with Gasteiger partial charge in [0.25, 0.3) is 0 Å². The Bertz CT molecular complexity index is 2140. The van der Waals surface area contributed by atoms with Gasteiger partial charge in [-0.15, -0.1) is 0 Å². The van der Waals surface area contributed by atoms with Crippen molar-refractivity contribution in [1.29, 1.82) is 0 Å². The molecule has 0 saturated carbocycles. The van der Waals surface area contributed by atoms with Crippen LogP contribution in [0.15, 0.2) is 156 Å². The van der Waals surface area contributed by atoms with Gasteiger partial charge in [0, 0.05) is 34.8 Å². The average Bonchev–Trinajstić information content (AvgIpc) is 3.67. The lowest BCUT2D eigenvalue weighted by atomic mass is 9.95. The molecule has 0 saturated heterocycles. The Kier molecular flexibility index (Phi) is 6.16. The normalized spacial score (nSPS) is 11.3. The summed E-state index contributed by atoms with van der Waals surface area (Å²) in [6.07, 6.45) is 4.43. The molecule has 5 aromatic carbocycles. The summed E-state index contributed by atoms with van der Waals surface area (Å²) >= 11 is 0. The molecular formula is C39H27N3O. The van der Waals surface area contributed by atoms with Crippen molar-refractivity contribution in [2.24, 2.45) is 0 Å². The molecule has 3 aromatic heterocycles. The van der Waals surface area contributed by atoms with E-state index in [1.165, 1.54) is 5.56 Å². The monoisotopic (exact) mass is 553 g/mol. The van der Waals surface area contributed by atoms with Crippen molar-refractivity contribution in [3.05, 3.63) is 163 Å². The molecule has 0 atom stereocenters. The number of nitrogens with zero attached hydrogens (tertiary/aromatic N) is 3. The fourth-order valence-corrected chi connectivity index (χ4v) is 5.99. The number of para-hydroxylation sites is 3. The molecule has 8 aromatic rings. The van der Waals surface area contributed by atoms with Crippen LogP contribution in [0.2, 0.25) is 0 Å². The van der Waals surface area contributed by atoms with Gasteiger partial charge in [0.1, 0.15) is 17.7 Å². The Morgan fingerprint density at radius 2 is 1.30 bits per heavy atom. The fourth-order valence-electron chi connectivity index (χ4n) is 5.99. The first-order valence-corrected chi connectivity index (χ1v) is 14.5. The Balaban J connectivity index is 1.41. The van der Waals surface area contributed by atoms with E-state index >= 15 is 0 Å². The van der Waals surface area contributed by atoms with Gasteiger partial charge < -0.3 is 4.42 Å². The smallest absolute Gasteiger partial charge is 0.149 e. The van der Waals surface area contributed by atoms with E-state index in [4.69, 9.17) is 9.40 Å². The second kappa shape index (κ2) is 10.6. The first kappa shape index (κ1) is 25.0. The fraction of sp³-hybridized carbons (Fsp3) is 0.0256. The number of pyridine rings is 1. The van der Waals surface area contributed by atoms with Gasteiger partial charge in [0.05, 0.1) is 22.3 Å². The third-order valence-corrected chi connectivity index (χ3v) is 7.98. The first-order valence-electron chi connectivity index (χ1n) is 14.5. The highest BCUT2D eigenvalue weighted by Gasteiger charge is 2.23. The van der Waals surface area contributed by atoms with E-state index in [1.54, 1.807) is 0 Å². The van der Waals surface area contributed by atoms with Gasteiger partial charge in [-0.2, -0.15) is 0 Å². The van der Waals surface area contributed by atoms with Crippen LogP contribution in [0.4, 0.5) is 0 Å². The molecular weight excluding hydrogens is 526 g/mol. The molecule has 204 valence electrons. The molecule has 8 rings (SSSR count). The zero-order valence-corrected chi connectivity index (χ0v) is 23.4. The van der Waals surface area contributed by atoms with Gasteiger partial charge in [0.2, 0.25) is 0 Å². The molecule has 0 spiro atoms. The molecule has 4 nitrogen and oxygen atoms in total. The minimum Gasteiger partial charge on any atom is -0.464 e. The molecule has 4 heteroatoms. The standard InChI is InChI=1S/C39H27N3O/c1-3-12-28(13-4-1)31-17-11-18-32(29-14-5-2-6-15-29)38(31)42-36-20-8-7-19-35(36)41-39(42)34-26-43-37-22-21-27(25-33(34)37)24-30-16-9-10-23-40-30/h1-23,25-26H,24H2. The summed E-state index contributed by atoms with van der Waals surface area (Å²) in [6, 6.07) is 48.5. The first-order chi connectivity index (χ1) is 21.3. The Morgan fingerprint density at radius 1 is 0.605 bits per heavy atom. The Hall–Kier alpha value is -5.74. The SMILES string of the molecule is c1ccc(-c2cccc(-c3ccccc3)c2-n2c(-c3coc4ccc(Cc5ccccn5)cc34)nc3ccccc32)cc1. The summed E-state index contributed by atoms with van der Waals surface area (Å²) in [5.41, 5.74) is 11.6. The highest BCUT2D eigenvalue weighted by atomic mass is 16.3. The van der Waals surface area contributed by atoms with Crippen molar-refractivity contribution < 1.29 is 4.42 Å². The Labute approximate surface area is 249 Å². The van der Waals surface area contributed by atoms with Crippen LogP contribution in [0.5, 0.6) is 0 Å². The largest absolute Gasteiger partial charge is 0.464 e. The summed E-state index contributed by atoms with van der Waals surface area (Å²) in [5.74, 6) is 0.843. The van der Waals surface area contributed by atoms with E-state index in [0.717, 1.165) is 73.4 Å². The minimum atomic E-state index is 0.743. The molecule has 0 radical (unpaired) electrons. The van der Waals surface area contributed by atoms with E-state index in [1.807, 2.05) is 30.7 Å². The van der Waals surface area contributed by atoms with E-state index in [0.29, 0.717) is 0 Å². The van der Waals surface area contributed by atoms with Crippen LogP contribution in [0, 0.1) is 0 Å². The van der Waals surface area contributed by atoms with Crippen molar-refractivity contribution in [3.63, 3.8) is 0 Å². The van der Waals surface area contributed by atoms with Gasteiger partial charge in [-0.3, -0.25) is 9.55 Å². The van der Waals surface area contributed by atoms with Gasteiger partial charge in [-0.25, -0.2) is 4.98 Å². The number of benzene rings is 5. The van der Waals surface area contributed by atoms with Crippen molar-refractivity contribution in [2.75, 3.05) is 0 Å². The average molecular weight is 554 g/mol. The molecule has 0 fully saturated rings. The number of hydrogen-bond donors (Lipinski definition) is 0. The van der Waals surface area contributed by atoms with Gasteiger partial charge in [-0.1, -0.05) is 103 Å². The summed E-state index contributed by atoms with van der Waals surface area (Å²) in [7, 11) is 0. The van der Waals surface area contributed by atoms with Crippen LogP contribution in [0.3, 0.4) is 0 Å². The number of furan rings is 1. The zero-order valence-electron chi connectivity index (χ0n) is 23.4. The van der Waals surface area contributed by atoms with Crippen molar-refractivity contribution in [2.45, 2.75) is 6.42 Å². The minimum absolute atomic E-state index is 0.743. The molecule has 0 bridgehead atoms. The second-order valence-electron chi connectivity index (χ2n) is 10.7. The number of hydrogen-bond acceptors (Lipinski definition) is 3. The predicted molar refractivity (Wildman–Crippen MR) is 174 cm³/mol. The molecule has 0 aliphatic rings. The van der Waals surface area contributed by atoms with Crippen LogP contribution in [-0.4, -0.2) is 14.5 Å². The van der Waals surface area contributed by atoms with Crippen molar-refractivity contribution in [3.8, 4) is 39.3 Å². The third kappa shape index (κ3) is 4.50. The molecule has 3 heterocycles. The highest BCUT2D eigenvalue weighted by molar-refractivity contribution is 5.98. The third-order valence-electron chi connectivity index (χ3n) is 7.98. The molecule has 0 unspecified atom stereocenters. The van der Waals surface area contributed by atoms with Crippen LogP contribution in [-0.2, 0) is 6.42 Å². The van der Waals surface area contributed by atoms with Crippen LogP contribution >= 0.6 is 0 Å². The second-order valence-corrected chi connectivity index (χ2v) is 10.7. The molecule has 0 aliphatic heterocycles. The lowest BCUT2D eigenvalue weighted by Gasteiger charge is -2.19. The number of aromatic nitrogens is 3. The summed E-state index contributed by atoms with van der Waals surface area (Å²) < 4.78 is 8.47. The van der Waals surface area contributed by atoms with Crippen LogP contribution in [0.25, 0.3) is 61.3 Å². The molecule has 0 amide bonds. The summed E-state index contributed by atoms with van der Waals surface area (Å²) in [4.78, 5) is 9.80. The molecule has 0 aliphatic carbocycles. The van der Waals surface area contributed by atoms with E-state index in [9.17, 15) is 0 Å². The Morgan fingerprint density at radius 3 is 2.02 bits per heavy atom. The van der Waals surface area contributed by atoms with E-state index < -0.39 is 0 Å². The maximum atomic E-state index is 6.16. The summed E-state index contributed by atoms with van der Waals surface area (Å²) in [6.45, 7) is 0. The number of imidazole rings is 1. The predicted octanol–water partition coefficient (Wildman–Crippen LogP) is 9.76. The van der Waals surface area contributed by atoms with Gasteiger partial charge in [0.15, 0.2) is 0 Å². The maximum Gasteiger partial charge on any atom is 0.149 e. The quantitative estimate of drug-likeness (QED) is 0.206.